The molecule has 0 aliphatic carbocycles. The van der Waals surface area contributed by atoms with Gasteiger partial charge in [-0.3, -0.25) is 4.79 Å². The van der Waals surface area contributed by atoms with Gasteiger partial charge in [-0.15, -0.1) is 0 Å². The molecule has 0 aromatic heterocycles. The molecule has 0 spiro atoms. The monoisotopic (exact) mass is 270 g/mol. The van der Waals surface area contributed by atoms with Gasteiger partial charge in [-0.25, -0.2) is 0 Å². The van der Waals surface area contributed by atoms with Crippen LogP contribution in [0, 0.1) is 0 Å². The standard InChI is InChI=1S/C14H27BO4/c1-10(9-11(16)17-12(2,3)4)15-18-13(5,6)14(7,8)19-15/h10H,9H2,1-8H3/t10-/m1/s1. The fourth-order valence-electron chi connectivity index (χ4n) is 1.86. The van der Waals surface area contributed by atoms with E-state index >= 15 is 0 Å². The Balaban J connectivity index is 2.57. The van der Waals surface area contributed by atoms with E-state index in [0.717, 1.165) is 0 Å². The summed E-state index contributed by atoms with van der Waals surface area (Å²) in [5, 5.41) is 0. The summed E-state index contributed by atoms with van der Waals surface area (Å²) in [5.74, 6) is -0.245. The summed E-state index contributed by atoms with van der Waals surface area (Å²) in [6, 6.07) is 0. The summed E-state index contributed by atoms with van der Waals surface area (Å²) in [4.78, 5) is 11.8. The molecule has 19 heavy (non-hydrogen) atoms. The van der Waals surface area contributed by atoms with E-state index in [1.807, 2.05) is 55.4 Å². The van der Waals surface area contributed by atoms with Crippen molar-refractivity contribution in [3.05, 3.63) is 0 Å². The lowest BCUT2D eigenvalue weighted by atomic mass is 9.71. The van der Waals surface area contributed by atoms with Crippen LogP contribution in [-0.2, 0) is 18.8 Å². The molecule has 1 rings (SSSR count). The maximum absolute atomic E-state index is 11.8. The summed E-state index contributed by atoms with van der Waals surface area (Å²) in [7, 11) is -0.363. The molecule has 1 aliphatic heterocycles. The van der Waals surface area contributed by atoms with Crippen LogP contribution in [0.2, 0.25) is 5.82 Å². The lowest BCUT2D eigenvalue weighted by Gasteiger charge is -2.32. The molecule has 110 valence electrons. The van der Waals surface area contributed by atoms with Crippen molar-refractivity contribution in [1.29, 1.82) is 0 Å². The second-order valence-electron chi connectivity index (χ2n) is 7.39. The van der Waals surface area contributed by atoms with Crippen molar-refractivity contribution < 1.29 is 18.8 Å². The summed E-state index contributed by atoms with van der Waals surface area (Å²) >= 11 is 0. The maximum Gasteiger partial charge on any atom is 0.461 e. The van der Waals surface area contributed by atoms with Gasteiger partial charge in [0.05, 0.1) is 11.2 Å². The minimum atomic E-state index is -0.452. The van der Waals surface area contributed by atoms with Gasteiger partial charge in [0.1, 0.15) is 5.60 Å². The van der Waals surface area contributed by atoms with Crippen LogP contribution in [0.4, 0.5) is 0 Å². The molecule has 0 radical (unpaired) electrons. The zero-order valence-corrected chi connectivity index (χ0v) is 13.5. The maximum atomic E-state index is 11.8. The molecule has 0 N–H and O–H groups in total. The molecule has 1 fully saturated rings. The van der Waals surface area contributed by atoms with Crippen LogP contribution in [0.5, 0.6) is 0 Å². The highest BCUT2D eigenvalue weighted by Gasteiger charge is 2.53. The van der Waals surface area contributed by atoms with E-state index in [1.165, 1.54) is 0 Å². The molecular formula is C14H27BO4. The van der Waals surface area contributed by atoms with E-state index in [4.69, 9.17) is 14.0 Å². The van der Waals surface area contributed by atoms with Gasteiger partial charge in [0.25, 0.3) is 0 Å². The second-order valence-corrected chi connectivity index (χ2v) is 7.39. The summed E-state index contributed by atoms with van der Waals surface area (Å²) < 4.78 is 17.2. The highest BCUT2D eigenvalue weighted by Crippen LogP contribution is 2.40. The zero-order chi connectivity index (χ0) is 15.1. The Morgan fingerprint density at radius 2 is 1.58 bits per heavy atom. The van der Waals surface area contributed by atoms with Crippen molar-refractivity contribution in [3.8, 4) is 0 Å². The van der Waals surface area contributed by atoms with E-state index in [1.54, 1.807) is 0 Å². The molecule has 1 aliphatic rings. The predicted molar refractivity (Wildman–Crippen MR) is 76.0 cm³/mol. The van der Waals surface area contributed by atoms with Gasteiger partial charge >= 0.3 is 13.1 Å². The van der Waals surface area contributed by atoms with E-state index in [2.05, 4.69) is 0 Å². The largest absolute Gasteiger partial charge is 0.461 e. The fraction of sp³-hybridized carbons (Fsp3) is 0.929. The number of ether oxygens (including phenoxy) is 1. The molecule has 5 heteroatoms. The van der Waals surface area contributed by atoms with Crippen molar-refractivity contribution in [3.63, 3.8) is 0 Å². The van der Waals surface area contributed by atoms with Crippen molar-refractivity contribution in [1.82, 2.24) is 0 Å². The predicted octanol–water partition coefficient (Wildman–Crippen LogP) is 3.20. The summed E-state index contributed by atoms with van der Waals surface area (Å²) in [5.41, 5.74) is -1.17. The first-order chi connectivity index (χ1) is 8.34. The Morgan fingerprint density at radius 3 is 1.95 bits per heavy atom. The molecule has 0 aromatic carbocycles. The van der Waals surface area contributed by atoms with Crippen LogP contribution in [0.25, 0.3) is 0 Å². The Kier molecular flexibility index (Phi) is 4.43. The van der Waals surface area contributed by atoms with Crippen molar-refractivity contribution in [2.24, 2.45) is 0 Å². The van der Waals surface area contributed by atoms with Crippen molar-refractivity contribution in [2.75, 3.05) is 0 Å². The number of esters is 1. The lowest BCUT2D eigenvalue weighted by molar-refractivity contribution is -0.154. The quantitative estimate of drug-likeness (QED) is 0.583. The molecule has 4 nitrogen and oxygen atoms in total. The fourth-order valence-corrected chi connectivity index (χ4v) is 1.86. The Morgan fingerprint density at radius 1 is 1.16 bits per heavy atom. The smallest absolute Gasteiger partial charge is 0.460 e. The van der Waals surface area contributed by atoms with Crippen LogP contribution in [-0.4, -0.2) is 29.9 Å². The van der Waals surface area contributed by atoms with Gasteiger partial charge < -0.3 is 14.0 Å². The van der Waals surface area contributed by atoms with Gasteiger partial charge in [-0.05, 0) is 48.5 Å². The number of hydrogen-bond acceptors (Lipinski definition) is 4. The molecule has 0 bridgehead atoms. The number of rotatable bonds is 3. The van der Waals surface area contributed by atoms with Crippen LogP contribution in [0.3, 0.4) is 0 Å². The summed E-state index contributed by atoms with van der Waals surface area (Å²) in [6.45, 7) is 15.6. The first-order valence-electron chi connectivity index (χ1n) is 6.91. The zero-order valence-electron chi connectivity index (χ0n) is 13.5. The average molecular weight is 270 g/mol. The molecule has 1 saturated heterocycles. The first-order valence-corrected chi connectivity index (χ1v) is 6.91. The number of carbonyl (C=O) groups excluding carboxylic acids is 1. The topological polar surface area (TPSA) is 44.8 Å². The third-order valence-electron chi connectivity index (χ3n) is 3.64. The second kappa shape index (κ2) is 5.10. The number of hydrogen-bond donors (Lipinski definition) is 0. The van der Waals surface area contributed by atoms with E-state index in [0.29, 0.717) is 6.42 Å². The third kappa shape index (κ3) is 4.21. The summed E-state index contributed by atoms with van der Waals surface area (Å²) in [6.07, 6.45) is 0.300. The van der Waals surface area contributed by atoms with Crippen molar-refractivity contribution in [2.45, 2.75) is 84.4 Å². The Labute approximate surface area is 117 Å². The van der Waals surface area contributed by atoms with E-state index in [-0.39, 0.29) is 30.1 Å². The first kappa shape index (κ1) is 16.5. The van der Waals surface area contributed by atoms with E-state index < -0.39 is 5.60 Å². The third-order valence-corrected chi connectivity index (χ3v) is 3.64. The van der Waals surface area contributed by atoms with Gasteiger partial charge in [-0.1, -0.05) is 6.92 Å². The SMILES string of the molecule is C[C@H](CC(=O)OC(C)(C)C)B1OC(C)(C)C(C)(C)O1. The van der Waals surface area contributed by atoms with Gasteiger partial charge in [0.2, 0.25) is 0 Å². The molecule has 1 atom stereocenters. The van der Waals surface area contributed by atoms with Crippen LogP contribution in [0.15, 0.2) is 0 Å². The van der Waals surface area contributed by atoms with Gasteiger partial charge in [0, 0.05) is 12.2 Å². The lowest BCUT2D eigenvalue weighted by Crippen LogP contribution is -2.41. The minimum Gasteiger partial charge on any atom is -0.460 e. The van der Waals surface area contributed by atoms with Crippen LogP contribution < -0.4 is 0 Å². The highest BCUT2D eigenvalue weighted by atomic mass is 16.7. The van der Waals surface area contributed by atoms with Crippen molar-refractivity contribution >= 4 is 13.1 Å². The normalized spacial score (nSPS) is 23.3. The molecule has 0 unspecified atom stereocenters. The van der Waals surface area contributed by atoms with Crippen LogP contribution >= 0.6 is 0 Å². The number of carbonyl (C=O) groups is 1. The Hall–Kier alpha value is -0.545. The molecular weight excluding hydrogens is 243 g/mol. The molecule has 0 aromatic rings. The van der Waals surface area contributed by atoms with E-state index in [9.17, 15) is 4.79 Å². The Bertz CT molecular complexity index is 328. The van der Waals surface area contributed by atoms with Gasteiger partial charge in [-0.2, -0.15) is 0 Å². The highest BCUT2D eigenvalue weighted by molar-refractivity contribution is 6.47. The average Bonchev–Trinajstić information content (AvgIpc) is 2.32. The van der Waals surface area contributed by atoms with Gasteiger partial charge in [0.15, 0.2) is 0 Å². The minimum absolute atomic E-state index is 0.0316. The molecule has 0 amide bonds. The molecule has 1 heterocycles. The van der Waals surface area contributed by atoms with Crippen LogP contribution in [0.1, 0.15) is 61.8 Å². The molecule has 0 saturated carbocycles.